The summed E-state index contributed by atoms with van der Waals surface area (Å²) in [6.45, 7) is 6.15. The van der Waals surface area contributed by atoms with Gasteiger partial charge in [0.15, 0.2) is 0 Å². The third-order valence-electron chi connectivity index (χ3n) is 20.4. The van der Waals surface area contributed by atoms with Crippen LogP contribution in [0.4, 0.5) is 0 Å². The van der Waals surface area contributed by atoms with Gasteiger partial charge in [-0.15, -0.1) is 0 Å². The van der Waals surface area contributed by atoms with Gasteiger partial charge < -0.3 is 14.7 Å². The zero-order valence-electron chi connectivity index (χ0n) is 54.0. The zero-order valence-corrected chi connectivity index (χ0v) is 58.5. The standard InChI is InChI=1S/3C27H26Cl2N2O/c3*1-17-15-23(20-5-4-6-22(29)16-20)25(18-10-12-21(28)13-11-18)31(27(17)32)26(19-8-9-19)24-7-2-3-14-30-24/h3*2-7,10-14,16-17,19,23,25-26H,8-9,15H2,1H3/t2*17?,23-,25?,26+;17?,23-,25?,26-/m111/s1. The molecule has 3 aliphatic heterocycles. The summed E-state index contributed by atoms with van der Waals surface area (Å²) in [5.41, 5.74) is 9.71. The van der Waals surface area contributed by atoms with E-state index >= 15 is 0 Å². The Morgan fingerprint density at radius 2 is 0.573 bits per heavy atom. The minimum absolute atomic E-state index is 0.0335. The van der Waals surface area contributed by atoms with E-state index in [0.717, 1.165) is 123 Å². The van der Waals surface area contributed by atoms with Gasteiger partial charge in [-0.3, -0.25) is 29.3 Å². The van der Waals surface area contributed by atoms with E-state index in [-0.39, 0.29) is 89.5 Å². The number of piperidine rings is 3. The second kappa shape index (κ2) is 30.0. The number of rotatable bonds is 15. The van der Waals surface area contributed by atoms with E-state index in [1.165, 1.54) is 0 Å². The first-order valence-electron chi connectivity index (χ1n) is 33.8. The Morgan fingerprint density at radius 1 is 0.312 bits per heavy atom. The van der Waals surface area contributed by atoms with E-state index < -0.39 is 0 Å². The molecule has 6 unspecified atom stereocenters. The second-order valence-electron chi connectivity index (χ2n) is 27.2. The van der Waals surface area contributed by atoms with Crippen LogP contribution in [0, 0.1) is 35.5 Å². The van der Waals surface area contributed by atoms with Crippen LogP contribution in [-0.4, -0.2) is 47.4 Å². The van der Waals surface area contributed by atoms with Crippen molar-refractivity contribution in [1.82, 2.24) is 29.7 Å². The summed E-state index contributed by atoms with van der Waals surface area (Å²) in [6, 6.07) is 65.7. The fourth-order valence-corrected chi connectivity index (χ4v) is 16.5. The number of aromatic nitrogens is 3. The van der Waals surface area contributed by atoms with Crippen molar-refractivity contribution in [2.24, 2.45) is 35.5 Å². The van der Waals surface area contributed by atoms with Crippen molar-refractivity contribution in [1.29, 1.82) is 0 Å². The molecule has 6 aliphatic rings. The van der Waals surface area contributed by atoms with E-state index in [4.69, 9.17) is 84.6 Å². The molecule has 6 aromatic carbocycles. The SMILES string of the molecule is CC1C[C@H](c2cccc(Cl)c2)C(c2ccc(Cl)cc2)N([C@@H](c2ccccn2)C2CC2)C1=O.CC1C[C@H](c2cccc(Cl)c2)C(c2ccc(Cl)cc2)N([C@H](c2ccccn2)C2CC2)C1=O.CC1C[C@H](c2cccc(Cl)c2)C(c2ccc(Cl)cc2)N([C@H](c2ccccn2)C2CC2)C1=O. The summed E-state index contributed by atoms with van der Waals surface area (Å²) in [7, 11) is 0. The molecule has 15 heteroatoms. The Balaban J connectivity index is 0.000000130. The van der Waals surface area contributed by atoms with Crippen molar-refractivity contribution >= 4 is 87.3 Å². The van der Waals surface area contributed by atoms with Gasteiger partial charge in [-0.25, -0.2) is 0 Å². The van der Waals surface area contributed by atoms with Crippen LogP contribution in [0.2, 0.25) is 30.1 Å². The third-order valence-corrected chi connectivity index (χ3v) is 21.9. The predicted octanol–water partition coefficient (Wildman–Crippen LogP) is 21.7. The lowest BCUT2D eigenvalue weighted by atomic mass is 9.75. The molecule has 0 spiro atoms. The second-order valence-corrected chi connectivity index (χ2v) is 29.8. The molecule has 3 aliphatic carbocycles. The van der Waals surface area contributed by atoms with Crippen molar-refractivity contribution in [3.05, 3.63) is 299 Å². The normalized spacial score (nSPS) is 24.4. The number of halogens is 6. The number of amides is 3. The van der Waals surface area contributed by atoms with Gasteiger partial charge in [0.2, 0.25) is 17.7 Å². The Kier molecular flexibility index (Phi) is 21.1. The molecule has 3 saturated heterocycles. The highest BCUT2D eigenvalue weighted by Gasteiger charge is 2.52. The van der Waals surface area contributed by atoms with Crippen LogP contribution < -0.4 is 0 Å². The van der Waals surface area contributed by atoms with Gasteiger partial charge in [0.05, 0.1) is 53.3 Å². The highest BCUT2D eigenvalue weighted by atomic mass is 35.5. The number of likely N-dealkylation sites (tertiary alicyclic amines) is 3. The molecule has 3 saturated carbocycles. The summed E-state index contributed by atoms with van der Waals surface area (Å²) in [5, 5.41) is 4.24. The topological polar surface area (TPSA) is 99.6 Å². The van der Waals surface area contributed by atoms with Crippen LogP contribution in [0.3, 0.4) is 0 Å². The Morgan fingerprint density at radius 3 is 0.792 bits per heavy atom. The largest absolute Gasteiger partial charge is 0.326 e. The van der Waals surface area contributed by atoms with Gasteiger partial charge in [0, 0.05) is 84.2 Å². The number of nitrogens with zero attached hydrogens (tertiary/aromatic N) is 6. The molecule has 0 N–H and O–H groups in total. The molecule has 3 aromatic heterocycles. The summed E-state index contributed by atoms with van der Waals surface area (Å²) in [5.74, 6) is 2.08. The molecule has 15 rings (SSSR count). The molecule has 96 heavy (non-hydrogen) atoms. The van der Waals surface area contributed by atoms with Crippen molar-refractivity contribution in [3.8, 4) is 0 Å². The van der Waals surface area contributed by atoms with Gasteiger partial charge in [-0.05, 0) is 218 Å². The third kappa shape index (κ3) is 15.1. The lowest BCUT2D eigenvalue weighted by Gasteiger charge is -2.48. The maximum absolute atomic E-state index is 13.8. The Hall–Kier alpha value is -7.08. The van der Waals surface area contributed by atoms with E-state index in [2.05, 4.69) is 87.5 Å². The average Bonchev–Trinajstić information content (AvgIpc) is 1.50. The number of carbonyl (C=O) groups is 3. The minimum Gasteiger partial charge on any atom is -0.326 e. The summed E-state index contributed by atoms with van der Waals surface area (Å²) in [4.78, 5) is 61.9. The van der Waals surface area contributed by atoms with Crippen LogP contribution in [0.1, 0.15) is 183 Å². The van der Waals surface area contributed by atoms with Gasteiger partial charge in [-0.1, -0.05) is 181 Å². The molecule has 12 atom stereocenters. The van der Waals surface area contributed by atoms with Gasteiger partial charge in [-0.2, -0.15) is 0 Å². The Bertz CT molecular complexity index is 3720. The fourth-order valence-electron chi connectivity index (χ4n) is 15.6. The zero-order chi connectivity index (χ0) is 66.7. The molecule has 0 radical (unpaired) electrons. The molecular formula is C81H78Cl6N6O3. The van der Waals surface area contributed by atoms with E-state index in [9.17, 15) is 14.4 Å². The van der Waals surface area contributed by atoms with Crippen molar-refractivity contribution in [2.75, 3.05) is 0 Å². The molecule has 492 valence electrons. The predicted molar refractivity (Wildman–Crippen MR) is 386 cm³/mol. The smallest absolute Gasteiger partial charge is 0.226 e. The van der Waals surface area contributed by atoms with Crippen LogP contribution >= 0.6 is 69.6 Å². The van der Waals surface area contributed by atoms with Gasteiger partial charge >= 0.3 is 0 Å². The molecule has 6 fully saturated rings. The minimum atomic E-state index is -0.109. The number of benzene rings is 6. The maximum Gasteiger partial charge on any atom is 0.226 e. The lowest BCUT2D eigenvalue weighted by molar-refractivity contribution is -0.147. The molecule has 6 heterocycles. The van der Waals surface area contributed by atoms with Gasteiger partial charge in [0.1, 0.15) is 0 Å². The summed E-state index contributed by atoms with van der Waals surface area (Å²) >= 11 is 37.8. The summed E-state index contributed by atoms with van der Waals surface area (Å²) < 4.78 is 0. The number of hydrogen-bond acceptors (Lipinski definition) is 6. The number of pyridine rings is 3. The maximum atomic E-state index is 13.8. The summed E-state index contributed by atoms with van der Waals surface area (Å²) in [6.07, 6.45) is 14.5. The van der Waals surface area contributed by atoms with Crippen LogP contribution in [0.5, 0.6) is 0 Å². The lowest BCUT2D eigenvalue weighted by Crippen LogP contribution is -2.48. The van der Waals surface area contributed by atoms with Crippen LogP contribution in [0.15, 0.2) is 219 Å². The van der Waals surface area contributed by atoms with Crippen LogP contribution in [0.25, 0.3) is 0 Å². The van der Waals surface area contributed by atoms with Gasteiger partial charge in [0.25, 0.3) is 0 Å². The molecular weight excluding hydrogens is 1320 g/mol. The van der Waals surface area contributed by atoms with Crippen molar-refractivity contribution < 1.29 is 14.4 Å². The van der Waals surface area contributed by atoms with Crippen LogP contribution in [-0.2, 0) is 14.4 Å². The highest BCUT2D eigenvalue weighted by molar-refractivity contribution is 6.32. The van der Waals surface area contributed by atoms with E-state index in [0.29, 0.717) is 32.8 Å². The average molecular weight is 1400 g/mol. The monoisotopic (exact) mass is 1390 g/mol. The molecule has 9 nitrogen and oxygen atoms in total. The molecule has 3 amide bonds. The van der Waals surface area contributed by atoms with E-state index in [1.807, 2.05) is 167 Å². The molecule has 9 aromatic rings. The fraction of sp³-hybridized carbons (Fsp3) is 0.333. The first kappa shape index (κ1) is 67.5. The first-order chi connectivity index (χ1) is 46.6. The quantitative estimate of drug-likeness (QED) is 0.101. The Labute approximate surface area is 594 Å². The highest BCUT2D eigenvalue weighted by Crippen LogP contribution is 2.58. The molecule has 0 bridgehead atoms. The number of hydrogen-bond donors (Lipinski definition) is 0. The first-order valence-corrected chi connectivity index (χ1v) is 36.1. The van der Waals surface area contributed by atoms with E-state index in [1.54, 1.807) is 0 Å². The van der Waals surface area contributed by atoms with Crippen molar-refractivity contribution in [2.45, 2.75) is 133 Å². The van der Waals surface area contributed by atoms with Crippen molar-refractivity contribution in [3.63, 3.8) is 0 Å². The number of carbonyl (C=O) groups excluding carboxylic acids is 3.